The van der Waals surface area contributed by atoms with Crippen LogP contribution in [0.3, 0.4) is 0 Å². The van der Waals surface area contributed by atoms with Crippen molar-refractivity contribution in [2.24, 2.45) is 7.05 Å². The molecule has 0 bridgehead atoms. The Morgan fingerprint density at radius 3 is 3.00 bits per heavy atom. The maximum absolute atomic E-state index is 13.3. The summed E-state index contributed by atoms with van der Waals surface area (Å²) in [6, 6.07) is 7.26. The van der Waals surface area contributed by atoms with Gasteiger partial charge in [-0.3, -0.25) is 4.68 Å². The Balaban J connectivity index is 1.89. The van der Waals surface area contributed by atoms with Crippen LogP contribution in [0.1, 0.15) is 18.4 Å². The lowest BCUT2D eigenvalue weighted by Gasteiger charge is -2.03. The van der Waals surface area contributed by atoms with Crippen molar-refractivity contribution < 1.29 is 4.39 Å². The summed E-state index contributed by atoms with van der Waals surface area (Å²) >= 11 is 0. The summed E-state index contributed by atoms with van der Waals surface area (Å²) in [5.41, 5.74) is 2.82. The Morgan fingerprint density at radius 1 is 1.44 bits per heavy atom. The van der Waals surface area contributed by atoms with Crippen LogP contribution in [0.4, 0.5) is 4.39 Å². The van der Waals surface area contributed by atoms with Gasteiger partial charge in [-0.1, -0.05) is 12.1 Å². The van der Waals surface area contributed by atoms with Crippen LogP contribution in [0.5, 0.6) is 0 Å². The zero-order chi connectivity index (χ0) is 12.5. The molecular formula is C14H16FN3. The van der Waals surface area contributed by atoms with E-state index >= 15 is 0 Å². The van der Waals surface area contributed by atoms with E-state index in [0.717, 1.165) is 23.4 Å². The van der Waals surface area contributed by atoms with Gasteiger partial charge in [0.2, 0.25) is 0 Å². The van der Waals surface area contributed by atoms with E-state index in [1.54, 1.807) is 10.7 Å². The summed E-state index contributed by atoms with van der Waals surface area (Å²) in [5, 5.41) is 7.89. The number of nitrogens with zero attached hydrogens (tertiary/aromatic N) is 2. The first-order valence-corrected chi connectivity index (χ1v) is 6.24. The molecule has 1 heterocycles. The molecule has 2 aromatic rings. The van der Waals surface area contributed by atoms with Gasteiger partial charge >= 0.3 is 0 Å². The largest absolute Gasteiger partial charge is 0.310 e. The van der Waals surface area contributed by atoms with Crippen LogP contribution in [-0.2, 0) is 13.6 Å². The number of hydrogen-bond acceptors (Lipinski definition) is 2. The quantitative estimate of drug-likeness (QED) is 0.896. The monoisotopic (exact) mass is 245 g/mol. The molecule has 94 valence electrons. The van der Waals surface area contributed by atoms with Crippen molar-refractivity contribution in [3.8, 4) is 11.3 Å². The second-order valence-corrected chi connectivity index (χ2v) is 4.84. The SMILES string of the molecule is Cn1cc(CNC2CC2)c(-c2cccc(F)c2)n1. The second-order valence-electron chi connectivity index (χ2n) is 4.84. The lowest BCUT2D eigenvalue weighted by atomic mass is 10.1. The molecular weight excluding hydrogens is 229 g/mol. The van der Waals surface area contributed by atoms with Crippen molar-refractivity contribution in [1.82, 2.24) is 15.1 Å². The topological polar surface area (TPSA) is 29.9 Å². The molecule has 0 saturated heterocycles. The molecule has 1 aromatic heterocycles. The average Bonchev–Trinajstić information content (AvgIpc) is 3.10. The number of aromatic nitrogens is 2. The third-order valence-corrected chi connectivity index (χ3v) is 3.16. The molecule has 0 amide bonds. The first-order valence-electron chi connectivity index (χ1n) is 6.24. The van der Waals surface area contributed by atoms with E-state index < -0.39 is 0 Å². The first kappa shape index (κ1) is 11.4. The van der Waals surface area contributed by atoms with Gasteiger partial charge in [0, 0.05) is 37.0 Å². The van der Waals surface area contributed by atoms with Crippen molar-refractivity contribution in [2.45, 2.75) is 25.4 Å². The van der Waals surface area contributed by atoms with Crippen LogP contribution >= 0.6 is 0 Å². The Kier molecular flexibility index (Phi) is 2.88. The molecule has 0 aliphatic heterocycles. The van der Waals surface area contributed by atoms with Gasteiger partial charge in [0.25, 0.3) is 0 Å². The molecule has 4 heteroatoms. The molecule has 0 radical (unpaired) electrons. The highest BCUT2D eigenvalue weighted by Crippen LogP contribution is 2.24. The predicted octanol–water partition coefficient (Wildman–Crippen LogP) is 2.48. The van der Waals surface area contributed by atoms with Crippen LogP contribution in [0, 0.1) is 5.82 Å². The Labute approximate surface area is 106 Å². The molecule has 1 aromatic carbocycles. The van der Waals surface area contributed by atoms with Gasteiger partial charge in [0.1, 0.15) is 5.82 Å². The van der Waals surface area contributed by atoms with Crippen molar-refractivity contribution in [3.05, 3.63) is 41.8 Å². The highest BCUT2D eigenvalue weighted by Gasteiger charge is 2.21. The highest BCUT2D eigenvalue weighted by molar-refractivity contribution is 5.62. The van der Waals surface area contributed by atoms with Gasteiger partial charge in [-0.05, 0) is 25.0 Å². The predicted molar refractivity (Wildman–Crippen MR) is 68.5 cm³/mol. The number of hydrogen-bond donors (Lipinski definition) is 1. The van der Waals surface area contributed by atoms with Gasteiger partial charge in [0.15, 0.2) is 0 Å². The zero-order valence-electron chi connectivity index (χ0n) is 10.4. The third-order valence-electron chi connectivity index (χ3n) is 3.16. The fourth-order valence-electron chi connectivity index (χ4n) is 2.09. The molecule has 1 aliphatic carbocycles. The van der Waals surface area contributed by atoms with Crippen LogP contribution in [0.15, 0.2) is 30.5 Å². The Bertz CT molecular complexity index is 558. The summed E-state index contributed by atoms with van der Waals surface area (Å²) in [6.45, 7) is 0.796. The van der Waals surface area contributed by atoms with E-state index in [1.807, 2.05) is 19.3 Å². The molecule has 0 spiro atoms. The number of rotatable bonds is 4. The minimum Gasteiger partial charge on any atom is -0.310 e. The molecule has 1 fully saturated rings. The molecule has 1 aliphatic rings. The van der Waals surface area contributed by atoms with Crippen molar-refractivity contribution in [2.75, 3.05) is 0 Å². The Hall–Kier alpha value is -1.68. The lowest BCUT2D eigenvalue weighted by molar-refractivity contribution is 0.628. The van der Waals surface area contributed by atoms with Gasteiger partial charge in [-0.15, -0.1) is 0 Å². The minimum absolute atomic E-state index is 0.223. The second kappa shape index (κ2) is 4.53. The normalized spacial score (nSPS) is 15.0. The molecule has 0 atom stereocenters. The van der Waals surface area contributed by atoms with Crippen molar-refractivity contribution >= 4 is 0 Å². The molecule has 1 N–H and O–H groups in total. The maximum atomic E-state index is 13.3. The minimum atomic E-state index is -0.223. The molecule has 3 nitrogen and oxygen atoms in total. The van der Waals surface area contributed by atoms with E-state index in [4.69, 9.17) is 0 Å². The number of nitrogens with one attached hydrogen (secondary N) is 1. The van der Waals surface area contributed by atoms with Gasteiger partial charge in [-0.25, -0.2) is 4.39 Å². The fourth-order valence-corrected chi connectivity index (χ4v) is 2.09. The Morgan fingerprint density at radius 2 is 2.28 bits per heavy atom. The smallest absolute Gasteiger partial charge is 0.123 e. The van der Waals surface area contributed by atoms with Crippen LogP contribution in [0.25, 0.3) is 11.3 Å². The van der Waals surface area contributed by atoms with E-state index in [1.165, 1.54) is 25.0 Å². The number of benzene rings is 1. The molecule has 3 rings (SSSR count). The molecule has 18 heavy (non-hydrogen) atoms. The fraction of sp³-hybridized carbons (Fsp3) is 0.357. The summed E-state index contributed by atoms with van der Waals surface area (Å²) in [4.78, 5) is 0. The number of aryl methyl sites for hydroxylation is 1. The maximum Gasteiger partial charge on any atom is 0.123 e. The summed E-state index contributed by atoms with van der Waals surface area (Å²) in [5.74, 6) is -0.223. The van der Waals surface area contributed by atoms with Gasteiger partial charge in [-0.2, -0.15) is 5.10 Å². The lowest BCUT2D eigenvalue weighted by Crippen LogP contribution is -2.15. The summed E-state index contributed by atoms with van der Waals surface area (Å²) in [6.07, 6.45) is 4.51. The summed E-state index contributed by atoms with van der Waals surface area (Å²) < 4.78 is 15.0. The van der Waals surface area contributed by atoms with E-state index in [2.05, 4.69) is 10.4 Å². The van der Waals surface area contributed by atoms with Crippen molar-refractivity contribution in [1.29, 1.82) is 0 Å². The number of halogens is 1. The average molecular weight is 245 g/mol. The highest BCUT2D eigenvalue weighted by atomic mass is 19.1. The van der Waals surface area contributed by atoms with E-state index in [9.17, 15) is 4.39 Å². The van der Waals surface area contributed by atoms with Gasteiger partial charge < -0.3 is 5.32 Å². The van der Waals surface area contributed by atoms with Crippen molar-refractivity contribution in [3.63, 3.8) is 0 Å². The zero-order valence-corrected chi connectivity index (χ0v) is 10.4. The third kappa shape index (κ3) is 2.43. The standard InChI is InChI=1S/C14H16FN3/c1-18-9-11(8-16-13-5-6-13)14(17-18)10-3-2-4-12(15)7-10/h2-4,7,9,13,16H,5-6,8H2,1H3. The first-order chi connectivity index (χ1) is 8.72. The van der Waals surface area contributed by atoms with Crippen LogP contribution in [0.2, 0.25) is 0 Å². The van der Waals surface area contributed by atoms with Crippen LogP contribution < -0.4 is 5.32 Å². The summed E-state index contributed by atoms with van der Waals surface area (Å²) in [7, 11) is 1.89. The van der Waals surface area contributed by atoms with E-state index in [-0.39, 0.29) is 5.82 Å². The molecule has 0 unspecified atom stereocenters. The van der Waals surface area contributed by atoms with Gasteiger partial charge in [0.05, 0.1) is 5.69 Å². The van der Waals surface area contributed by atoms with Crippen LogP contribution in [-0.4, -0.2) is 15.8 Å². The molecule has 1 saturated carbocycles. The van der Waals surface area contributed by atoms with E-state index in [0.29, 0.717) is 6.04 Å².